The molecule has 3 aromatic rings. The number of nitrogens with zero attached hydrogens (tertiary/aromatic N) is 5. The predicted molar refractivity (Wildman–Crippen MR) is 128 cm³/mol. The molecule has 0 amide bonds. The Morgan fingerprint density at radius 1 is 1.17 bits per heavy atom. The molecular weight excluding hydrogens is 493 g/mol. The van der Waals surface area contributed by atoms with Crippen molar-refractivity contribution in [2.24, 2.45) is 0 Å². The highest BCUT2D eigenvalue weighted by Gasteiger charge is 2.39. The molecule has 1 atom stereocenters. The zero-order valence-electron chi connectivity index (χ0n) is 19.1. The van der Waals surface area contributed by atoms with E-state index >= 15 is 0 Å². The summed E-state index contributed by atoms with van der Waals surface area (Å²) in [7, 11) is -4.46. The normalized spacial score (nSPS) is 16.6. The van der Waals surface area contributed by atoms with Gasteiger partial charge in [-0.15, -0.1) is 0 Å². The number of rotatable bonds is 6. The van der Waals surface area contributed by atoms with Gasteiger partial charge in [-0.2, -0.15) is 23.2 Å². The lowest BCUT2D eigenvalue weighted by Crippen LogP contribution is -2.42. The first-order chi connectivity index (χ1) is 17.1. The zero-order chi connectivity index (χ0) is 25.7. The number of pyridine rings is 2. The Balaban J connectivity index is 1.59. The second-order valence-electron chi connectivity index (χ2n) is 8.64. The minimum Gasteiger partial charge on any atom is -0.370 e. The van der Waals surface area contributed by atoms with Crippen LogP contribution in [0.15, 0.2) is 53.7 Å². The van der Waals surface area contributed by atoms with Crippen molar-refractivity contribution in [3.05, 3.63) is 54.4 Å². The van der Waals surface area contributed by atoms with Crippen LogP contribution < -0.4 is 9.62 Å². The van der Waals surface area contributed by atoms with Crippen LogP contribution >= 0.6 is 0 Å². The molecule has 0 spiro atoms. The second kappa shape index (κ2) is 8.76. The summed E-state index contributed by atoms with van der Waals surface area (Å²) in [6.45, 7) is 2.55. The number of alkyl halides is 3. The summed E-state index contributed by atoms with van der Waals surface area (Å²) < 4.78 is 66.9. The van der Waals surface area contributed by atoms with Gasteiger partial charge in [-0.05, 0) is 50.1 Å². The Bertz CT molecular complexity index is 1540. The van der Waals surface area contributed by atoms with E-state index < -0.39 is 27.1 Å². The molecule has 1 saturated heterocycles. The molecule has 2 aliphatic rings. The molecule has 1 unspecified atom stereocenters. The molecule has 0 bridgehead atoms. The van der Waals surface area contributed by atoms with Crippen LogP contribution in [0.4, 0.5) is 18.9 Å². The van der Waals surface area contributed by atoms with Crippen molar-refractivity contribution in [1.82, 2.24) is 19.3 Å². The lowest BCUT2D eigenvalue weighted by atomic mass is 10.1. The first-order valence-electron chi connectivity index (χ1n) is 11.2. The van der Waals surface area contributed by atoms with Crippen LogP contribution in [0.5, 0.6) is 0 Å². The summed E-state index contributed by atoms with van der Waals surface area (Å²) in [5.74, 6) is 0. The number of allylic oxidation sites excluding steroid dienone is 4. The van der Waals surface area contributed by atoms with E-state index in [0.29, 0.717) is 22.3 Å². The van der Waals surface area contributed by atoms with Crippen molar-refractivity contribution in [2.45, 2.75) is 36.9 Å². The van der Waals surface area contributed by atoms with Gasteiger partial charge in [-0.1, -0.05) is 6.08 Å². The van der Waals surface area contributed by atoms with Crippen molar-refractivity contribution >= 4 is 32.4 Å². The maximum Gasteiger partial charge on any atom is 0.404 e. The van der Waals surface area contributed by atoms with Crippen LogP contribution in [-0.2, 0) is 10.0 Å². The highest BCUT2D eigenvalue weighted by Crippen LogP contribution is 2.38. The number of aromatic nitrogens is 3. The number of nitriles is 1. The van der Waals surface area contributed by atoms with Gasteiger partial charge in [0.05, 0.1) is 28.8 Å². The Labute approximate surface area is 205 Å². The van der Waals surface area contributed by atoms with E-state index in [-0.39, 0.29) is 5.69 Å². The van der Waals surface area contributed by atoms with Gasteiger partial charge in [0, 0.05) is 30.4 Å². The van der Waals surface area contributed by atoms with Gasteiger partial charge in [0.2, 0.25) is 10.0 Å². The molecule has 186 valence electrons. The van der Waals surface area contributed by atoms with Gasteiger partial charge >= 0.3 is 6.18 Å². The van der Waals surface area contributed by atoms with E-state index in [1.165, 1.54) is 12.1 Å². The Kier molecular flexibility index (Phi) is 5.84. The predicted octanol–water partition coefficient (Wildman–Crippen LogP) is 4.21. The molecule has 1 fully saturated rings. The van der Waals surface area contributed by atoms with Gasteiger partial charge in [-0.3, -0.25) is 9.55 Å². The lowest BCUT2D eigenvalue weighted by molar-refractivity contribution is -0.147. The molecule has 36 heavy (non-hydrogen) atoms. The summed E-state index contributed by atoms with van der Waals surface area (Å²) in [5, 5.41) is 10.7. The third-order valence-corrected chi connectivity index (χ3v) is 7.81. The molecule has 1 aliphatic carbocycles. The van der Waals surface area contributed by atoms with Gasteiger partial charge in [0.1, 0.15) is 22.7 Å². The highest BCUT2D eigenvalue weighted by atomic mass is 32.2. The summed E-state index contributed by atoms with van der Waals surface area (Å²) in [6, 6.07) is 4.45. The average Bonchev–Trinajstić information content (AvgIpc) is 3.44. The molecule has 5 rings (SSSR count). The zero-order valence-corrected chi connectivity index (χ0v) is 19.9. The van der Waals surface area contributed by atoms with Crippen LogP contribution in [0.3, 0.4) is 0 Å². The fraction of sp³-hybridized carbons (Fsp3) is 0.292. The minimum atomic E-state index is -4.73. The fourth-order valence-corrected chi connectivity index (χ4v) is 5.46. The van der Waals surface area contributed by atoms with Crippen LogP contribution in [0, 0.1) is 11.3 Å². The van der Waals surface area contributed by atoms with Crippen LogP contribution in [-0.4, -0.2) is 48.3 Å². The molecule has 0 radical (unpaired) electrons. The van der Waals surface area contributed by atoms with E-state index in [2.05, 4.69) is 20.9 Å². The van der Waals surface area contributed by atoms with Crippen LogP contribution in [0.1, 0.15) is 25.3 Å². The lowest BCUT2D eigenvalue weighted by Gasteiger charge is -2.18. The molecule has 1 N–H and O–H groups in total. The monoisotopic (exact) mass is 514 g/mol. The third-order valence-electron chi connectivity index (χ3n) is 6.28. The highest BCUT2D eigenvalue weighted by molar-refractivity contribution is 7.89. The molecule has 1 aliphatic heterocycles. The Morgan fingerprint density at radius 2 is 1.89 bits per heavy atom. The smallest absolute Gasteiger partial charge is 0.370 e. The second-order valence-corrected chi connectivity index (χ2v) is 10.4. The number of hydrogen-bond acceptors (Lipinski definition) is 6. The number of anilines is 1. The van der Waals surface area contributed by atoms with Gasteiger partial charge < -0.3 is 4.90 Å². The molecule has 8 nitrogen and oxygen atoms in total. The third kappa shape index (κ3) is 4.14. The summed E-state index contributed by atoms with van der Waals surface area (Å²) >= 11 is 0. The fourth-order valence-electron chi connectivity index (χ4n) is 4.29. The number of nitrogens with one attached hydrogen (secondary N) is 1. The number of fused-ring (bicyclic) bond motifs is 1. The van der Waals surface area contributed by atoms with Crippen molar-refractivity contribution in [3.8, 4) is 17.5 Å². The Morgan fingerprint density at radius 3 is 2.44 bits per heavy atom. The molecule has 0 aromatic carbocycles. The molecule has 0 saturated carbocycles. The quantitative estimate of drug-likeness (QED) is 0.529. The maximum atomic E-state index is 12.9. The minimum absolute atomic E-state index is 0.288. The number of sulfonamides is 1. The molecular formula is C24H21F3N6O2S. The molecule has 4 heterocycles. The average molecular weight is 515 g/mol. The van der Waals surface area contributed by atoms with E-state index in [1.807, 2.05) is 24.3 Å². The van der Waals surface area contributed by atoms with Crippen molar-refractivity contribution in [1.29, 1.82) is 5.26 Å². The number of hydrogen-bond donors (Lipinski definition) is 1. The topological polar surface area (TPSA) is 104 Å². The first-order valence-corrected chi connectivity index (χ1v) is 12.7. The summed E-state index contributed by atoms with van der Waals surface area (Å²) in [5.41, 5.74) is 3.28. The largest absolute Gasteiger partial charge is 0.404 e. The molecule has 3 aromatic heterocycles. The van der Waals surface area contributed by atoms with Gasteiger partial charge in [0.25, 0.3) is 0 Å². The maximum absolute atomic E-state index is 12.9. The number of halogens is 3. The van der Waals surface area contributed by atoms with Crippen LogP contribution in [0.2, 0.25) is 0 Å². The standard InChI is InChI=1S/C24H21F3N6O2S/c1-15(24(25,26)27)31-36(34,35)18-7-8-21(29-14-18)22-20(12-28)19-11-17(32-9-2-3-10-32)13-30-23(19)33(22)16-5-4-6-16/h4-8,11,13-15,31H,2-3,9-10H2,1H3. The van der Waals surface area contributed by atoms with Crippen LogP contribution in [0.25, 0.3) is 28.1 Å². The van der Waals surface area contributed by atoms with Crippen molar-refractivity contribution in [3.63, 3.8) is 0 Å². The first kappa shape index (κ1) is 24.0. The van der Waals surface area contributed by atoms with E-state index in [4.69, 9.17) is 0 Å². The van der Waals surface area contributed by atoms with E-state index in [1.54, 1.807) is 15.5 Å². The summed E-state index contributed by atoms with van der Waals surface area (Å²) in [6.07, 6.45) is 5.74. The summed E-state index contributed by atoms with van der Waals surface area (Å²) in [4.78, 5) is 10.7. The van der Waals surface area contributed by atoms with Crippen molar-refractivity contribution < 1.29 is 21.6 Å². The van der Waals surface area contributed by atoms with Gasteiger partial charge in [0.15, 0.2) is 0 Å². The van der Waals surface area contributed by atoms with E-state index in [9.17, 15) is 26.9 Å². The Hall–Kier alpha value is -3.69. The van der Waals surface area contributed by atoms with Crippen molar-refractivity contribution in [2.75, 3.05) is 18.0 Å². The SMILES string of the molecule is CC(NS(=O)(=O)c1ccc(-c2c(C#N)c3cc(N4CCCC4)cnc3n2C2=CC=C2)nc1)C(F)(F)F. The van der Waals surface area contributed by atoms with Gasteiger partial charge in [-0.25, -0.2) is 13.4 Å². The molecule has 12 heteroatoms. The van der Waals surface area contributed by atoms with E-state index in [0.717, 1.165) is 50.4 Å².